The average molecular weight is 498 g/mol. The summed E-state index contributed by atoms with van der Waals surface area (Å²) < 4.78 is 6.30. The van der Waals surface area contributed by atoms with Gasteiger partial charge in [0, 0.05) is 41.8 Å². The first-order valence-electron chi connectivity index (χ1n) is 10.4. The lowest BCUT2D eigenvalue weighted by molar-refractivity contribution is -0.131. The van der Waals surface area contributed by atoms with Crippen LogP contribution in [0.3, 0.4) is 0 Å². The number of aromatic nitrogens is 2. The number of aryl methyl sites for hydroxylation is 1. The fraction of sp³-hybridized carbons (Fsp3) is 0.304. The third-order valence-corrected chi connectivity index (χ3v) is 5.90. The van der Waals surface area contributed by atoms with E-state index in [4.69, 9.17) is 4.52 Å². The second-order valence-electron chi connectivity index (χ2n) is 7.72. The maximum atomic E-state index is 12.5. The van der Waals surface area contributed by atoms with Crippen molar-refractivity contribution in [2.24, 2.45) is 0 Å². The predicted octanol–water partition coefficient (Wildman–Crippen LogP) is 2.88. The van der Waals surface area contributed by atoms with Crippen LogP contribution in [0.25, 0.3) is 11.4 Å². The van der Waals surface area contributed by atoms with Crippen molar-refractivity contribution in [1.29, 1.82) is 0 Å². The summed E-state index contributed by atoms with van der Waals surface area (Å²) in [5, 5.41) is 6.77. The summed E-state index contributed by atoms with van der Waals surface area (Å²) in [6.07, 6.45) is 0. The Bertz CT molecular complexity index is 1070. The Kier molecular flexibility index (Phi) is 6.96. The van der Waals surface area contributed by atoms with Crippen LogP contribution in [0.15, 0.2) is 57.5 Å². The maximum Gasteiger partial charge on any atom is 0.251 e. The molecule has 1 N–H and O–H groups in total. The molecule has 0 radical (unpaired) electrons. The number of piperazine rings is 1. The zero-order chi connectivity index (χ0) is 22.5. The predicted molar refractivity (Wildman–Crippen MR) is 123 cm³/mol. The van der Waals surface area contributed by atoms with E-state index in [0.29, 0.717) is 50.0 Å². The van der Waals surface area contributed by atoms with Crippen LogP contribution < -0.4 is 5.32 Å². The molecule has 166 valence electrons. The van der Waals surface area contributed by atoms with Gasteiger partial charge in [-0.3, -0.25) is 14.5 Å². The molecule has 0 aliphatic carbocycles. The number of halogens is 1. The number of benzene rings is 2. The second-order valence-corrected chi connectivity index (χ2v) is 8.64. The fourth-order valence-electron chi connectivity index (χ4n) is 3.46. The molecule has 0 saturated carbocycles. The van der Waals surface area contributed by atoms with Crippen LogP contribution in [0, 0.1) is 6.92 Å². The van der Waals surface area contributed by atoms with E-state index in [-0.39, 0.29) is 18.4 Å². The van der Waals surface area contributed by atoms with Crippen molar-refractivity contribution in [3.63, 3.8) is 0 Å². The lowest BCUT2D eigenvalue weighted by Crippen LogP contribution is -2.50. The van der Waals surface area contributed by atoms with Gasteiger partial charge in [0.05, 0.1) is 13.1 Å². The van der Waals surface area contributed by atoms with Crippen LogP contribution in [-0.4, -0.2) is 64.5 Å². The SMILES string of the molecule is Cc1ccc(-c2noc(CN3CCN(C(=O)CNC(=O)c4ccc(Br)cc4)CC3)n2)cc1. The molecule has 4 rings (SSSR count). The Morgan fingerprint density at radius 1 is 1.03 bits per heavy atom. The molecule has 8 nitrogen and oxygen atoms in total. The van der Waals surface area contributed by atoms with E-state index in [0.717, 1.165) is 10.0 Å². The molecule has 9 heteroatoms. The van der Waals surface area contributed by atoms with Crippen LogP contribution in [0.1, 0.15) is 21.8 Å². The smallest absolute Gasteiger partial charge is 0.251 e. The van der Waals surface area contributed by atoms with Crippen LogP contribution in [-0.2, 0) is 11.3 Å². The van der Waals surface area contributed by atoms with Gasteiger partial charge in [0.2, 0.25) is 17.6 Å². The minimum atomic E-state index is -0.259. The van der Waals surface area contributed by atoms with Gasteiger partial charge in [-0.05, 0) is 31.2 Å². The van der Waals surface area contributed by atoms with Gasteiger partial charge in [-0.2, -0.15) is 4.98 Å². The molecule has 2 aromatic carbocycles. The summed E-state index contributed by atoms with van der Waals surface area (Å²) in [7, 11) is 0. The molecule has 3 aromatic rings. The summed E-state index contributed by atoms with van der Waals surface area (Å²) in [6, 6.07) is 15.0. The third-order valence-electron chi connectivity index (χ3n) is 5.37. The second kappa shape index (κ2) is 10.1. The number of hydrogen-bond acceptors (Lipinski definition) is 6. The average Bonchev–Trinajstić information content (AvgIpc) is 3.27. The Morgan fingerprint density at radius 2 is 1.72 bits per heavy atom. The van der Waals surface area contributed by atoms with Crippen molar-refractivity contribution in [1.82, 2.24) is 25.3 Å². The standard InChI is InChI=1S/C23H24BrN5O3/c1-16-2-4-17(5-3-16)22-26-20(32-27-22)15-28-10-12-29(13-11-28)21(30)14-25-23(31)18-6-8-19(24)9-7-18/h2-9H,10-15H2,1H3,(H,25,31). The van der Waals surface area contributed by atoms with E-state index in [2.05, 4.69) is 36.3 Å². The molecule has 1 fully saturated rings. The third kappa shape index (κ3) is 5.60. The highest BCUT2D eigenvalue weighted by molar-refractivity contribution is 9.10. The molecular formula is C23H24BrN5O3. The maximum absolute atomic E-state index is 12.5. The minimum absolute atomic E-state index is 0.0154. The first kappa shape index (κ1) is 22.2. The van der Waals surface area contributed by atoms with Gasteiger partial charge < -0.3 is 14.7 Å². The number of amides is 2. The molecule has 2 heterocycles. The zero-order valence-electron chi connectivity index (χ0n) is 17.8. The van der Waals surface area contributed by atoms with Gasteiger partial charge >= 0.3 is 0 Å². The number of nitrogens with zero attached hydrogens (tertiary/aromatic N) is 4. The first-order chi connectivity index (χ1) is 15.5. The highest BCUT2D eigenvalue weighted by Gasteiger charge is 2.23. The van der Waals surface area contributed by atoms with Crippen molar-refractivity contribution in [3.8, 4) is 11.4 Å². The van der Waals surface area contributed by atoms with Gasteiger partial charge in [0.15, 0.2) is 0 Å². The summed E-state index contributed by atoms with van der Waals surface area (Å²) in [5.41, 5.74) is 2.62. The Morgan fingerprint density at radius 3 is 2.41 bits per heavy atom. The van der Waals surface area contributed by atoms with Gasteiger partial charge in [-0.25, -0.2) is 0 Å². The molecule has 0 bridgehead atoms. The molecule has 0 spiro atoms. The van der Waals surface area contributed by atoms with Gasteiger partial charge in [0.1, 0.15) is 0 Å². The largest absolute Gasteiger partial charge is 0.343 e. The lowest BCUT2D eigenvalue weighted by Gasteiger charge is -2.34. The minimum Gasteiger partial charge on any atom is -0.343 e. The Labute approximate surface area is 194 Å². The number of nitrogens with one attached hydrogen (secondary N) is 1. The number of rotatable bonds is 6. The van der Waals surface area contributed by atoms with Gasteiger partial charge in [-0.15, -0.1) is 0 Å². The highest BCUT2D eigenvalue weighted by atomic mass is 79.9. The summed E-state index contributed by atoms with van der Waals surface area (Å²) in [5.74, 6) is 0.789. The molecule has 0 atom stereocenters. The van der Waals surface area contributed by atoms with E-state index in [9.17, 15) is 9.59 Å². The normalized spacial score (nSPS) is 14.4. The van der Waals surface area contributed by atoms with Crippen LogP contribution in [0.4, 0.5) is 0 Å². The molecule has 0 unspecified atom stereocenters. The molecule has 2 amide bonds. The van der Waals surface area contributed by atoms with Crippen LogP contribution >= 0.6 is 15.9 Å². The monoisotopic (exact) mass is 497 g/mol. The molecule has 1 aromatic heterocycles. The van der Waals surface area contributed by atoms with Crippen LogP contribution in [0.2, 0.25) is 0 Å². The quantitative estimate of drug-likeness (QED) is 0.562. The molecule has 1 saturated heterocycles. The van der Waals surface area contributed by atoms with Crippen molar-refractivity contribution < 1.29 is 14.1 Å². The van der Waals surface area contributed by atoms with Crippen LogP contribution in [0.5, 0.6) is 0 Å². The number of hydrogen-bond donors (Lipinski definition) is 1. The number of carbonyl (C=O) groups excluding carboxylic acids is 2. The number of carbonyl (C=O) groups is 2. The first-order valence-corrected chi connectivity index (χ1v) is 11.2. The molecule has 1 aliphatic heterocycles. The zero-order valence-corrected chi connectivity index (χ0v) is 19.3. The Balaban J connectivity index is 1.22. The van der Waals surface area contributed by atoms with E-state index in [1.165, 1.54) is 5.56 Å². The van der Waals surface area contributed by atoms with Crippen molar-refractivity contribution in [2.75, 3.05) is 32.7 Å². The van der Waals surface area contributed by atoms with E-state index < -0.39 is 0 Å². The molecule has 32 heavy (non-hydrogen) atoms. The van der Waals surface area contributed by atoms with E-state index in [1.54, 1.807) is 29.2 Å². The highest BCUT2D eigenvalue weighted by Crippen LogP contribution is 2.17. The molecular weight excluding hydrogens is 474 g/mol. The van der Waals surface area contributed by atoms with E-state index in [1.807, 2.05) is 31.2 Å². The van der Waals surface area contributed by atoms with E-state index >= 15 is 0 Å². The van der Waals surface area contributed by atoms with Gasteiger partial charge in [-0.1, -0.05) is 50.9 Å². The van der Waals surface area contributed by atoms with Crippen molar-refractivity contribution in [2.45, 2.75) is 13.5 Å². The lowest BCUT2D eigenvalue weighted by atomic mass is 10.1. The summed E-state index contributed by atoms with van der Waals surface area (Å²) in [6.45, 7) is 5.15. The molecule has 1 aliphatic rings. The Hall–Kier alpha value is -3.04. The van der Waals surface area contributed by atoms with Gasteiger partial charge in [0.25, 0.3) is 5.91 Å². The summed E-state index contributed by atoms with van der Waals surface area (Å²) >= 11 is 3.34. The topological polar surface area (TPSA) is 91.6 Å². The van der Waals surface area contributed by atoms with Crippen molar-refractivity contribution in [3.05, 3.63) is 70.0 Å². The fourth-order valence-corrected chi connectivity index (χ4v) is 3.72. The summed E-state index contributed by atoms with van der Waals surface area (Å²) in [4.78, 5) is 33.1. The van der Waals surface area contributed by atoms with Crippen molar-refractivity contribution >= 4 is 27.7 Å².